The number of thiophene rings is 1. The van der Waals surface area contributed by atoms with Crippen molar-refractivity contribution in [3.05, 3.63) is 51.8 Å². The Bertz CT molecular complexity index is 969. The van der Waals surface area contributed by atoms with Gasteiger partial charge in [-0.1, -0.05) is 15.9 Å². The summed E-state index contributed by atoms with van der Waals surface area (Å²) in [6, 6.07) is 6.29. The summed E-state index contributed by atoms with van der Waals surface area (Å²) in [4.78, 5) is 21.7. The van der Waals surface area contributed by atoms with Crippen LogP contribution in [-0.4, -0.2) is 40.4 Å². The normalized spacial score (nSPS) is 12.1. The third-order valence-electron chi connectivity index (χ3n) is 3.54. The van der Waals surface area contributed by atoms with Crippen LogP contribution in [0.1, 0.15) is 9.67 Å². The van der Waals surface area contributed by atoms with Crippen molar-refractivity contribution in [2.75, 3.05) is 18.5 Å². The minimum atomic E-state index is -1.11. The number of pyridine rings is 1. The van der Waals surface area contributed by atoms with Gasteiger partial charge < -0.3 is 15.5 Å². The summed E-state index contributed by atoms with van der Waals surface area (Å²) >= 11 is 4.39. The van der Waals surface area contributed by atoms with Gasteiger partial charge in [-0.2, -0.15) is 0 Å². The molecule has 0 saturated heterocycles. The van der Waals surface area contributed by atoms with Crippen LogP contribution in [0.15, 0.2) is 41.1 Å². The first-order valence-corrected chi connectivity index (χ1v) is 9.40. The van der Waals surface area contributed by atoms with Crippen molar-refractivity contribution in [3.63, 3.8) is 0 Å². The number of nitrogens with zero attached hydrogens (tertiary/aromatic N) is 1. The Morgan fingerprint density at radius 3 is 2.96 bits per heavy atom. The average Bonchev–Trinajstić information content (AvgIpc) is 3.02. The molecule has 27 heavy (non-hydrogen) atoms. The smallest absolute Gasteiger partial charge is 0.287 e. The fourth-order valence-corrected chi connectivity index (χ4v) is 3.60. The zero-order valence-electron chi connectivity index (χ0n) is 13.8. The number of halogens is 2. The van der Waals surface area contributed by atoms with Crippen LogP contribution in [0.2, 0.25) is 0 Å². The van der Waals surface area contributed by atoms with E-state index in [9.17, 15) is 14.3 Å². The number of carbonyl (C=O) groups excluding carboxylic acids is 1. The molecule has 0 aliphatic heterocycles. The first-order chi connectivity index (χ1) is 13.0. The van der Waals surface area contributed by atoms with E-state index in [0.29, 0.717) is 15.5 Å². The highest BCUT2D eigenvalue weighted by atomic mass is 79.9. The maximum Gasteiger partial charge on any atom is 0.287 e. The second-order valence-corrected chi connectivity index (χ2v) is 7.47. The predicted molar refractivity (Wildman–Crippen MR) is 104 cm³/mol. The Morgan fingerprint density at radius 2 is 2.22 bits per heavy atom. The predicted octanol–water partition coefficient (Wildman–Crippen LogP) is 2.96. The lowest BCUT2D eigenvalue weighted by molar-refractivity contribution is -0.0293. The summed E-state index contributed by atoms with van der Waals surface area (Å²) in [5, 5.41) is 21.6. The van der Waals surface area contributed by atoms with E-state index in [4.69, 9.17) is 9.94 Å². The quantitative estimate of drug-likeness (QED) is 0.408. The Kier molecular flexibility index (Phi) is 6.34. The van der Waals surface area contributed by atoms with Crippen molar-refractivity contribution in [2.45, 2.75) is 6.10 Å². The number of benzene rings is 1. The molecule has 0 bridgehead atoms. The number of aromatic nitrogens is 1. The maximum atomic E-state index is 14.2. The zero-order valence-corrected chi connectivity index (χ0v) is 16.2. The number of carbonyl (C=O) groups is 1. The van der Waals surface area contributed by atoms with E-state index in [0.717, 1.165) is 4.70 Å². The average molecular weight is 456 g/mol. The van der Waals surface area contributed by atoms with Gasteiger partial charge in [0.15, 0.2) is 0 Å². The van der Waals surface area contributed by atoms with Gasteiger partial charge in [0, 0.05) is 27.0 Å². The van der Waals surface area contributed by atoms with Gasteiger partial charge >= 0.3 is 0 Å². The van der Waals surface area contributed by atoms with Crippen LogP contribution in [0.4, 0.5) is 15.8 Å². The Morgan fingerprint density at radius 1 is 1.41 bits per heavy atom. The van der Waals surface area contributed by atoms with E-state index < -0.39 is 24.4 Å². The van der Waals surface area contributed by atoms with Crippen LogP contribution in [0, 0.1) is 5.82 Å². The minimum Gasteiger partial charge on any atom is -0.394 e. The summed E-state index contributed by atoms with van der Waals surface area (Å²) in [6.45, 7) is -0.751. The molecule has 4 N–H and O–H groups in total. The number of aliphatic hydroxyl groups excluding tert-OH is 2. The molecule has 0 fully saturated rings. The molecular formula is C17H15BrFN3O4S. The fraction of sp³-hybridized carbons (Fsp3) is 0.176. The molecule has 0 unspecified atom stereocenters. The SMILES string of the molecule is O=C(NOC[C@H](O)CO)c1sc2ccncc2c1Nc1ccc(Br)cc1F. The van der Waals surface area contributed by atoms with Crippen molar-refractivity contribution < 1.29 is 24.2 Å². The summed E-state index contributed by atoms with van der Waals surface area (Å²) < 4.78 is 15.6. The molecule has 0 radical (unpaired) electrons. The molecule has 2 heterocycles. The molecule has 0 saturated carbocycles. The lowest BCUT2D eigenvalue weighted by Crippen LogP contribution is -2.29. The van der Waals surface area contributed by atoms with Crippen LogP contribution in [0.5, 0.6) is 0 Å². The van der Waals surface area contributed by atoms with Crippen molar-refractivity contribution in [1.82, 2.24) is 10.5 Å². The molecule has 142 valence electrons. The molecule has 2 aromatic heterocycles. The van der Waals surface area contributed by atoms with Crippen molar-refractivity contribution in [1.29, 1.82) is 0 Å². The number of anilines is 2. The van der Waals surface area contributed by atoms with E-state index in [1.807, 2.05) is 0 Å². The molecule has 1 atom stereocenters. The number of rotatable bonds is 7. The van der Waals surface area contributed by atoms with E-state index in [2.05, 4.69) is 31.7 Å². The zero-order chi connectivity index (χ0) is 19.4. The monoisotopic (exact) mass is 455 g/mol. The number of aliphatic hydroxyl groups is 2. The van der Waals surface area contributed by atoms with Crippen molar-refractivity contribution in [3.8, 4) is 0 Å². The Labute approximate surface area is 165 Å². The molecule has 0 aliphatic carbocycles. The lowest BCUT2D eigenvalue weighted by Gasteiger charge is -2.11. The topological polar surface area (TPSA) is 104 Å². The van der Waals surface area contributed by atoms with Crippen LogP contribution in [0.3, 0.4) is 0 Å². The number of hydrogen-bond acceptors (Lipinski definition) is 7. The van der Waals surface area contributed by atoms with Gasteiger partial charge in [0.05, 0.1) is 18.0 Å². The van der Waals surface area contributed by atoms with E-state index in [1.54, 1.807) is 30.6 Å². The summed E-state index contributed by atoms with van der Waals surface area (Å²) in [5.74, 6) is -1.05. The van der Waals surface area contributed by atoms with Crippen molar-refractivity contribution >= 4 is 54.6 Å². The van der Waals surface area contributed by atoms with Gasteiger partial charge in [0.1, 0.15) is 23.4 Å². The van der Waals surface area contributed by atoms with Gasteiger partial charge in [-0.25, -0.2) is 9.87 Å². The highest BCUT2D eigenvalue weighted by Crippen LogP contribution is 2.37. The number of hydroxylamine groups is 1. The first kappa shape index (κ1) is 19.6. The molecule has 0 aliphatic rings. The van der Waals surface area contributed by atoms with E-state index in [-0.39, 0.29) is 17.2 Å². The molecule has 7 nitrogen and oxygen atoms in total. The maximum absolute atomic E-state index is 14.2. The van der Waals surface area contributed by atoms with Gasteiger partial charge in [0.2, 0.25) is 0 Å². The van der Waals surface area contributed by atoms with Crippen LogP contribution in [-0.2, 0) is 4.84 Å². The molecule has 1 aromatic carbocycles. The highest BCUT2D eigenvalue weighted by molar-refractivity contribution is 9.10. The summed E-state index contributed by atoms with van der Waals surface area (Å²) in [5.41, 5.74) is 2.81. The summed E-state index contributed by atoms with van der Waals surface area (Å²) in [7, 11) is 0. The number of amides is 1. The standard InChI is InChI=1S/C17H15BrFN3O4S/c18-9-1-2-13(12(19)5-9)21-15-11-6-20-4-3-14(11)27-16(15)17(25)22-26-8-10(24)7-23/h1-6,10,21,23-24H,7-8H2,(H,22,25)/t10-/m1/s1. The van der Waals surface area contributed by atoms with E-state index >= 15 is 0 Å². The van der Waals surface area contributed by atoms with Gasteiger partial charge in [-0.05, 0) is 24.3 Å². The number of fused-ring (bicyclic) bond motifs is 1. The largest absolute Gasteiger partial charge is 0.394 e. The number of hydrogen-bond donors (Lipinski definition) is 4. The molecule has 3 aromatic rings. The van der Waals surface area contributed by atoms with E-state index in [1.165, 1.54) is 17.4 Å². The third kappa shape index (κ3) is 4.60. The van der Waals surface area contributed by atoms with Crippen molar-refractivity contribution in [2.24, 2.45) is 0 Å². The first-order valence-electron chi connectivity index (χ1n) is 7.79. The highest BCUT2D eigenvalue weighted by Gasteiger charge is 2.20. The second-order valence-electron chi connectivity index (χ2n) is 5.51. The fourth-order valence-electron chi connectivity index (χ4n) is 2.25. The molecule has 3 rings (SSSR count). The Hall–Kier alpha value is -2.11. The van der Waals surface area contributed by atoms with Crippen LogP contribution >= 0.6 is 27.3 Å². The number of nitrogens with one attached hydrogen (secondary N) is 2. The molecule has 1 amide bonds. The molecule has 0 spiro atoms. The van der Waals surface area contributed by atoms with Gasteiger partial charge in [0.25, 0.3) is 5.91 Å². The lowest BCUT2D eigenvalue weighted by atomic mass is 10.2. The van der Waals surface area contributed by atoms with Gasteiger partial charge in [-0.15, -0.1) is 11.3 Å². The molecular weight excluding hydrogens is 441 g/mol. The second kappa shape index (κ2) is 8.72. The van der Waals surface area contributed by atoms with Crippen LogP contribution < -0.4 is 10.8 Å². The molecule has 10 heteroatoms. The minimum absolute atomic E-state index is 0.201. The van der Waals surface area contributed by atoms with Gasteiger partial charge in [-0.3, -0.25) is 14.6 Å². The third-order valence-corrected chi connectivity index (χ3v) is 5.20. The summed E-state index contributed by atoms with van der Waals surface area (Å²) in [6.07, 6.45) is 2.07. The Balaban J connectivity index is 1.90. The van der Waals surface area contributed by atoms with Crippen LogP contribution in [0.25, 0.3) is 10.1 Å².